The van der Waals surface area contributed by atoms with Crippen LogP contribution in [-0.2, 0) is 32.4 Å². The Morgan fingerprint density at radius 2 is 1.90 bits per heavy atom. The number of rotatable bonds is 3. The number of nitrogens with zero attached hydrogens (tertiary/aromatic N) is 1. The lowest BCUT2D eigenvalue weighted by atomic mass is 9.94. The van der Waals surface area contributed by atoms with Crippen LogP contribution in [0.1, 0.15) is 11.1 Å². The molecule has 0 unspecified atom stereocenters. The van der Waals surface area contributed by atoms with Crippen molar-refractivity contribution >= 4 is 21.7 Å². The van der Waals surface area contributed by atoms with Crippen LogP contribution in [0.5, 0.6) is 0 Å². The molecule has 0 saturated heterocycles. The van der Waals surface area contributed by atoms with Gasteiger partial charge in [-0.25, -0.2) is 13.2 Å². The third-order valence-electron chi connectivity index (χ3n) is 3.24. The fraction of sp³-hybridized carbons (Fsp3) is 0.385. The number of carbonyl (C=O) groups is 2. The number of hydrogen-bond acceptors (Lipinski definition) is 4. The molecular formula is C13H15NO5S. The number of carboxylic acid groups (broad SMARTS) is 1. The molecule has 1 aromatic carbocycles. The van der Waals surface area contributed by atoms with E-state index in [4.69, 9.17) is 0 Å². The van der Waals surface area contributed by atoms with Gasteiger partial charge in [-0.1, -0.05) is 24.3 Å². The Hall–Kier alpha value is -1.89. The topological polar surface area (TPSA) is 91.8 Å². The van der Waals surface area contributed by atoms with Crippen molar-refractivity contribution in [1.29, 1.82) is 0 Å². The van der Waals surface area contributed by atoms with Gasteiger partial charge in [-0.15, -0.1) is 0 Å². The van der Waals surface area contributed by atoms with Crippen LogP contribution in [0.4, 0.5) is 0 Å². The van der Waals surface area contributed by atoms with Crippen molar-refractivity contribution in [2.45, 2.75) is 19.0 Å². The summed E-state index contributed by atoms with van der Waals surface area (Å²) in [6.07, 6.45) is 1.15. The summed E-state index contributed by atoms with van der Waals surface area (Å²) in [4.78, 5) is 24.5. The van der Waals surface area contributed by atoms with Crippen molar-refractivity contribution < 1.29 is 23.1 Å². The summed E-state index contributed by atoms with van der Waals surface area (Å²) in [5.74, 6) is -2.46. The molecule has 1 atom stereocenters. The Bertz CT molecular complexity index is 652. The summed E-state index contributed by atoms with van der Waals surface area (Å²) in [5, 5.41) is 9.24. The van der Waals surface area contributed by atoms with Gasteiger partial charge in [0.05, 0.1) is 0 Å². The maximum absolute atomic E-state index is 12.0. The molecule has 0 radical (unpaired) electrons. The average molecular weight is 297 g/mol. The number of sulfone groups is 1. The normalized spacial score (nSPS) is 18.4. The van der Waals surface area contributed by atoms with Crippen LogP contribution in [0.2, 0.25) is 0 Å². The van der Waals surface area contributed by atoms with Gasteiger partial charge in [-0.2, -0.15) is 0 Å². The molecule has 0 bridgehead atoms. The highest BCUT2D eigenvalue weighted by Crippen LogP contribution is 2.23. The second-order valence-electron chi connectivity index (χ2n) is 4.92. The summed E-state index contributed by atoms with van der Waals surface area (Å²) in [7, 11) is -3.48. The molecular weight excluding hydrogens is 282 g/mol. The highest BCUT2D eigenvalue weighted by Gasteiger charge is 2.35. The summed E-state index contributed by atoms with van der Waals surface area (Å²) < 4.78 is 22.4. The number of amides is 1. The van der Waals surface area contributed by atoms with Crippen LogP contribution in [0.15, 0.2) is 24.3 Å². The van der Waals surface area contributed by atoms with E-state index in [0.29, 0.717) is 0 Å². The van der Waals surface area contributed by atoms with Crippen LogP contribution >= 0.6 is 0 Å². The quantitative estimate of drug-likeness (QED) is 0.852. The van der Waals surface area contributed by atoms with Gasteiger partial charge in [0.15, 0.2) is 9.84 Å². The largest absolute Gasteiger partial charge is 0.480 e. The zero-order chi connectivity index (χ0) is 14.9. The predicted molar refractivity (Wildman–Crippen MR) is 71.8 cm³/mol. The van der Waals surface area contributed by atoms with Gasteiger partial charge < -0.3 is 10.0 Å². The third-order valence-corrected chi connectivity index (χ3v) is 4.01. The molecule has 0 saturated carbocycles. The lowest BCUT2D eigenvalue weighted by Gasteiger charge is -2.34. The van der Waals surface area contributed by atoms with Gasteiger partial charge >= 0.3 is 5.97 Å². The van der Waals surface area contributed by atoms with Crippen molar-refractivity contribution in [3.05, 3.63) is 35.4 Å². The molecule has 1 heterocycles. The van der Waals surface area contributed by atoms with Crippen molar-refractivity contribution in [3.63, 3.8) is 0 Å². The molecule has 1 aliphatic rings. The molecule has 108 valence electrons. The number of benzene rings is 1. The fourth-order valence-corrected chi connectivity index (χ4v) is 2.93. The van der Waals surface area contributed by atoms with E-state index >= 15 is 0 Å². The molecule has 2 rings (SSSR count). The fourth-order valence-electron chi connectivity index (χ4n) is 2.31. The van der Waals surface area contributed by atoms with Crippen molar-refractivity contribution in [2.75, 3.05) is 12.0 Å². The summed E-state index contributed by atoms with van der Waals surface area (Å²) in [5.41, 5.74) is 1.73. The van der Waals surface area contributed by atoms with Gasteiger partial charge in [0.25, 0.3) is 0 Å². The van der Waals surface area contributed by atoms with Gasteiger partial charge in [-0.05, 0) is 11.1 Å². The molecule has 0 fully saturated rings. The van der Waals surface area contributed by atoms with Crippen LogP contribution in [0.25, 0.3) is 0 Å². The zero-order valence-electron chi connectivity index (χ0n) is 10.9. The monoisotopic (exact) mass is 297 g/mol. The Kier molecular flexibility index (Phi) is 3.80. The maximum Gasteiger partial charge on any atom is 0.326 e. The number of fused-ring (bicyclic) bond motifs is 1. The molecule has 1 N–H and O–H groups in total. The van der Waals surface area contributed by atoms with E-state index < -0.39 is 33.5 Å². The summed E-state index contributed by atoms with van der Waals surface area (Å²) in [6.45, 7) is 0.126. The van der Waals surface area contributed by atoms with Gasteiger partial charge in [0.2, 0.25) is 5.91 Å². The lowest BCUT2D eigenvalue weighted by molar-refractivity contribution is -0.150. The molecule has 0 aliphatic carbocycles. The summed E-state index contributed by atoms with van der Waals surface area (Å²) in [6, 6.07) is 6.24. The van der Waals surface area contributed by atoms with Crippen molar-refractivity contribution in [1.82, 2.24) is 4.90 Å². The van der Waals surface area contributed by atoms with Gasteiger partial charge in [-0.3, -0.25) is 4.79 Å². The first-order valence-corrected chi connectivity index (χ1v) is 8.11. The van der Waals surface area contributed by atoms with Gasteiger partial charge in [0.1, 0.15) is 11.8 Å². The molecule has 1 amide bonds. The minimum absolute atomic E-state index is 0.126. The SMILES string of the molecule is CS(=O)(=O)CC(=O)N1Cc2ccccc2C[C@H]1C(=O)O. The van der Waals surface area contributed by atoms with E-state index in [-0.39, 0.29) is 13.0 Å². The van der Waals surface area contributed by atoms with E-state index in [1.54, 1.807) is 6.07 Å². The predicted octanol–water partition coefficient (Wildman–Crippen LogP) is 0.0691. The van der Waals surface area contributed by atoms with Crippen molar-refractivity contribution in [3.8, 4) is 0 Å². The smallest absolute Gasteiger partial charge is 0.326 e. The number of hydrogen-bond donors (Lipinski definition) is 1. The molecule has 0 aromatic heterocycles. The second-order valence-corrected chi connectivity index (χ2v) is 7.06. The van der Waals surface area contributed by atoms with Gasteiger partial charge in [0, 0.05) is 19.2 Å². The first-order chi connectivity index (χ1) is 9.28. The lowest BCUT2D eigenvalue weighted by Crippen LogP contribution is -2.50. The number of aliphatic carboxylic acids is 1. The van der Waals surface area contributed by atoms with E-state index in [0.717, 1.165) is 22.3 Å². The molecule has 1 aromatic rings. The Labute approximate surface area is 116 Å². The maximum atomic E-state index is 12.0. The van der Waals surface area contributed by atoms with E-state index in [2.05, 4.69) is 0 Å². The highest BCUT2D eigenvalue weighted by atomic mass is 32.2. The van der Waals surface area contributed by atoms with Crippen LogP contribution in [0.3, 0.4) is 0 Å². The molecule has 0 spiro atoms. The Balaban J connectivity index is 2.31. The minimum atomic E-state index is -3.48. The molecule has 6 nitrogen and oxygen atoms in total. The average Bonchev–Trinajstić information content (AvgIpc) is 2.35. The zero-order valence-corrected chi connectivity index (χ0v) is 11.8. The number of carboxylic acids is 1. The first-order valence-electron chi connectivity index (χ1n) is 6.05. The first kappa shape index (κ1) is 14.5. The van der Waals surface area contributed by atoms with E-state index in [1.807, 2.05) is 18.2 Å². The molecule has 1 aliphatic heterocycles. The van der Waals surface area contributed by atoms with E-state index in [1.165, 1.54) is 0 Å². The third kappa shape index (κ3) is 3.16. The van der Waals surface area contributed by atoms with Crippen LogP contribution in [-0.4, -0.2) is 48.4 Å². The highest BCUT2D eigenvalue weighted by molar-refractivity contribution is 7.91. The second kappa shape index (κ2) is 5.24. The summed E-state index contributed by atoms with van der Waals surface area (Å²) >= 11 is 0. The Morgan fingerprint density at radius 3 is 2.45 bits per heavy atom. The Morgan fingerprint density at radius 1 is 1.30 bits per heavy atom. The van der Waals surface area contributed by atoms with E-state index in [9.17, 15) is 23.1 Å². The van der Waals surface area contributed by atoms with Crippen LogP contribution < -0.4 is 0 Å². The standard InChI is InChI=1S/C13H15NO5S/c1-20(18,19)8-12(15)14-7-10-5-3-2-4-9(10)6-11(14)13(16)17/h2-5,11H,6-8H2,1H3,(H,16,17)/t11-/m0/s1. The molecule has 7 heteroatoms. The van der Waals surface area contributed by atoms with Crippen molar-refractivity contribution in [2.24, 2.45) is 0 Å². The number of carbonyl (C=O) groups excluding carboxylic acids is 1. The van der Waals surface area contributed by atoms with Crippen LogP contribution in [0, 0.1) is 0 Å². The minimum Gasteiger partial charge on any atom is -0.480 e. The molecule has 20 heavy (non-hydrogen) atoms.